The fourth-order valence-electron chi connectivity index (χ4n) is 3.04. The number of hydrogen-bond donors (Lipinski definition) is 1. The van der Waals surface area contributed by atoms with E-state index in [0.29, 0.717) is 15.5 Å². The fourth-order valence-corrected chi connectivity index (χ4v) is 4.18. The van der Waals surface area contributed by atoms with Gasteiger partial charge in [-0.1, -0.05) is 0 Å². The molecule has 0 spiro atoms. The number of alkyl halides is 3. The highest BCUT2D eigenvalue weighted by molar-refractivity contribution is 7.99. The molecule has 0 bridgehead atoms. The van der Waals surface area contributed by atoms with E-state index in [4.69, 9.17) is 12.2 Å². The molecule has 2 aromatic rings. The molecule has 1 fully saturated rings. The van der Waals surface area contributed by atoms with Crippen LogP contribution in [0.3, 0.4) is 0 Å². The van der Waals surface area contributed by atoms with Gasteiger partial charge in [0.1, 0.15) is 0 Å². The summed E-state index contributed by atoms with van der Waals surface area (Å²) in [4.78, 5) is 2.92. The Labute approximate surface area is 129 Å². The smallest absolute Gasteiger partial charge is 0.331 e. The number of thioether (sulfide) groups is 1. The van der Waals surface area contributed by atoms with Gasteiger partial charge in [-0.3, -0.25) is 0 Å². The summed E-state index contributed by atoms with van der Waals surface area (Å²) in [6, 6.07) is 4.07. The highest BCUT2D eigenvalue weighted by atomic mass is 32.2. The third kappa shape index (κ3) is 2.73. The molecule has 1 aliphatic carbocycles. The third-order valence-corrected chi connectivity index (χ3v) is 5.49. The van der Waals surface area contributed by atoms with Gasteiger partial charge >= 0.3 is 6.18 Å². The number of hydrogen-bond acceptors (Lipinski definition) is 2. The van der Waals surface area contributed by atoms with Crippen LogP contribution in [0.2, 0.25) is 0 Å². The zero-order chi connectivity index (χ0) is 15.2. The molecule has 1 aromatic carbocycles. The SMILES string of the molecule is CSC1CCC(n2c(=S)[nH]c3cc(C(F)(F)F)ccc32)C1. The number of H-pyrrole nitrogens is 1. The van der Waals surface area contributed by atoms with E-state index in [1.807, 2.05) is 16.3 Å². The number of halogens is 3. The first-order valence-corrected chi connectivity index (χ1v) is 8.44. The molecule has 0 amide bonds. The third-order valence-electron chi connectivity index (χ3n) is 4.10. The van der Waals surface area contributed by atoms with Crippen LogP contribution in [0.1, 0.15) is 30.9 Å². The Morgan fingerprint density at radius 3 is 2.71 bits per heavy atom. The van der Waals surface area contributed by atoms with E-state index in [9.17, 15) is 13.2 Å². The molecule has 2 atom stereocenters. The summed E-state index contributed by atoms with van der Waals surface area (Å²) in [6.07, 6.45) is 0.929. The van der Waals surface area contributed by atoms with E-state index in [1.54, 1.807) is 0 Å². The van der Waals surface area contributed by atoms with Gasteiger partial charge in [0.25, 0.3) is 0 Å². The predicted octanol–water partition coefficient (Wildman–Crippen LogP) is 5.17. The standard InChI is InChI=1S/C14H15F3N2S2/c1-21-10-4-3-9(7-10)19-12-5-2-8(14(15,16)17)6-11(12)18-13(19)20/h2,5-6,9-10H,3-4,7H2,1H3,(H,18,20). The van der Waals surface area contributed by atoms with E-state index in [-0.39, 0.29) is 6.04 Å². The van der Waals surface area contributed by atoms with Crippen molar-refractivity contribution in [3.8, 4) is 0 Å². The lowest BCUT2D eigenvalue weighted by molar-refractivity contribution is -0.137. The average Bonchev–Trinajstić information content (AvgIpc) is 2.99. The second kappa shape index (κ2) is 5.35. The second-order valence-corrected chi connectivity index (χ2v) is 6.88. The fraction of sp³-hybridized carbons (Fsp3) is 0.500. The van der Waals surface area contributed by atoms with Gasteiger partial charge in [-0.25, -0.2) is 0 Å². The summed E-state index contributed by atoms with van der Waals surface area (Å²) in [5.74, 6) is 0. The van der Waals surface area contributed by atoms with Crippen LogP contribution in [0.4, 0.5) is 13.2 Å². The van der Waals surface area contributed by atoms with Crippen LogP contribution in [0.5, 0.6) is 0 Å². The molecule has 0 saturated heterocycles. The topological polar surface area (TPSA) is 20.7 Å². The molecule has 1 heterocycles. The molecule has 1 saturated carbocycles. The Hall–Kier alpha value is -0.950. The van der Waals surface area contributed by atoms with Crippen molar-refractivity contribution in [2.75, 3.05) is 6.26 Å². The lowest BCUT2D eigenvalue weighted by Crippen LogP contribution is -2.07. The quantitative estimate of drug-likeness (QED) is 0.765. The van der Waals surface area contributed by atoms with Crippen molar-refractivity contribution in [1.29, 1.82) is 0 Å². The van der Waals surface area contributed by atoms with Crippen molar-refractivity contribution in [2.45, 2.75) is 36.7 Å². The minimum absolute atomic E-state index is 0.278. The van der Waals surface area contributed by atoms with Crippen LogP contribution in [0, 0.1) is 4.77 Å². The summed E-state index contributed by atoms with van der Waals surface area (Å²) in [5.41, 5.74) is 0.578. The molecule has 7 heteroatoms. The van der Waals surface area contributed by atoms with Crippen molar-refractivity contribution >= 4 is 35.0 Å². The van der Waals surface area contributed by atoms with Gasteiger partial charge in [0.2, 0.25) is 0 Å². The van der Waals surface area contributed by atoms with Crippen LogP contribution >= 0.6 is 24.0 Å². The molecule has 1 aromatic heterocycles. The van der Waals surface area contributed by atoms with Crippen LogP contribution in [-0.4, -0.2) is 21.1 Å². The van der Waals surface area contributed by atoms with Gasteiger partial charge in [0.05, 0.1) is 16.6 Å². The molecule has 1 N–H and O–H groups in total. The van der Waals surface area contributed by atoms with Gasteiger partial charge in [0, 0.05) is 11.3 Å². The maximum atomic E-state index is 12.8. The predicted molar refractivity (Wildman–Crippen MR) is 82.3 cm³/mol. The molecule has 2 unspecified atom stereocenters. The van der Waals surface area contributed by atoms with Crippen LogP contribution in [0.15, 0.2) is 18.2 Å². The number of nitrogens with one attached hydrogen (secondary N) is 1. The lowest BCUT2D eigenvalue weighted by Gasteiger charge is -2.14. The molecule has 2 nitrogen and oxygen atoms in total. The zero-order valence-corrected chi connectivity index (χ0v) is 13.0. The molecule has 21 heavy (non-hydrogen) atoms. The Morgan fingerprint density at radius 2 is 2.10 bits per heavy atom. The van der Waals surface area contributed by atoms with E-state index in [2.05, 4.69) is 11.2 Å². The molecule has 3 rings (SSSR count). The second-order valence-electron chi connectivity index (χ2n) is 5.35. The van der Waals surface area contributed by atoms with Gasteiger partial charge < -0.3 is 9.55 Å². The summed E-state index contributed by atoms with van der Waals surface area (Å²) >= 11 is 7.16. The lowest BCUT2D eigenvalue weighted by atomic mass is 10.2. The maximum Gasteiger partial charge on any atom is 0.416 e. The minimum Gasteiger partial charge on any atom is -0.331 e. The van der Waals surface area contributed by atoms with Crippen molar-refractivity contribution in [3.63, 3.8) is 0 Å². The Bertz CT molecular complexity index is 717. The molecule has 114 valence electrons. The average molecular weight is 332 g/mol. The van der Waals surface area contributed by atoms with Crippen molar-refractivity contribution in [2.24, 2.45) is 0 Å². The monoisotopic (exact) mass is 332 g/mol. The van der Waals surface area contributed by atoms with Crippen LogP contribution in [0.25, 0.3) is 11.0 Å². The number of nitrogens with zero attached hydrogens (tertiary/aromatic N) is 1. The first-order chi connectivity index (χ1) is 9.90. The van der Waals surface area contributed by atoms with Gasteiger partial charge in [0.15, 0.2) is 4.77 Å². The minimum atomic E-state index is -4.33. The summed E-state index contributed by atoms with van der Waals surface area (Å²) in [5, 5.41) is 0.608. The molecule has 0 radical (unpaired) electrons. The van der Waals surface area contributed by atoms with Crippen LogP contribution < -0.4 is 0 Å². The van der Waals surface area contributed by atoms with E-state index >= 15 is 0 Å². The molecular weight excluding hydrogens is 317 g/mol. The number of rotatable bonds is 2. The molecule has 0 aliphatic heterocycles. The first kappa shape index (κ1) is 15.0. The van der Waals surface area contributed by atoms with Crippen molar-refractivity contribution < 1.29 is 13.2 Å². The van der Waals surface area contributed by atoms with Gasteiger partial charge in [-0.2, -0.15) is 24.9 Å². The van der Waals surface area contributed by atoms with E-state index in [1.165, 1.54) is 6.07 Å². The number of fused-ring (bicyclic) bond motifs is 1. The van der Waals surface area contributed by atoms with Crippen LogP contribution in [-0.2, 0) is 6.18 Å². The van der Waals surface area contributed by atoms with Crippen molar-refractivity contribution in [3.05, 3.63) is 28.5 Å². The number of aromatic nitrogens is 2. The molecular formula is C14H15F3N2S2. The largest absolute Gasteiger partial charge is 0.416 e. The normalized spacial score (nSPS) is 23.0. The van der Waals surface area contributed by atoms with E-state index < -0.39 is 11.7 Å². The van der Waals surface area contributed by atoms with Gasteiger partial charge in [-0.05, 0) is 55.9 Å². The van der Waals surface area contributed by atoms with Gasteiger partial charge in [-0.15, -0.1) is 0 Å². The first-order valence-electron chi connectivity index (χ1n) is 6.74. The number of imidazole rings is 1. The Kier molecular flexibility index (Phi) is 3.81. The van der Waals surface area contributed by atoms with E-state index in [0.717, 1.165) is 36.9 Å². The van der Waals surface area contributed by atoms with Crippen molar-refractivity contribution in [1.82, 2.24) is 9.55 Å². The highest BCUT2D eigenvalue weighted by Crippen LogP contribution is 2.38. The number of aromatic amines is 1. The summed E-state index contributed by atoms with van der Waals surface area (Å²) < 4.78 is 40.8. The summed E-state index contributed by atoms with van der Waals surface area (Å²) in [7, 11) is 0. The highest BCUT2D eigenvalue weighted by Gasteiger charge is 2.32. The Morgan fingerprint density at radius 1 is 1.33 bits per heavy atom. The molecule has 1 aliphatic rings. The Balaban J connectivity index is 2.05. The number of benzene rings is 1. The maximum absolute atomic E-state index is 12.8. The zero-order valence-electron chi connectivity index (χ0n) is 11.4. The summed E-state index contributed by atoms with van der Waals surface area (Å²) in [6.45, 7) is 0.